The van der Waals surface area contributed by atoms with Crippen molar-refractivity contribution >= 4 is 11.7 Å². The van der Waals surface area contributed by atoms with Crippen LogP contribution in [0.25, 0.3) is 0 Å². The van der Waals surface area contributed by atoms with E-state index in [0.29, 0.717) is 25.3 Å². The van der Waals surface area contributed by atoms with Crippen LogP contribution in [0.5, 0.6) is 0 Å². The number of hydrogen-bond acceptors (Lipinski definition) is 3. The largest absolute Gasteiger partial charge is 0.310 e. The number of carbonyl (C=O) groups excluding carboxylic acids is 1. The third kappa shape index (κ3) is 3.50. The standard InChI is InChI=1S/C13H18FN3O/c1-2-10-3-4-12(15-7-10)16-13(18)9-17-6-5-11(14)8-17/h3-4,7,11H,2,5-6,8-9H2,1H3,(H,15,16,18)/t11-/m0/s1. The number of likely N-dealkylation sites (tertiary alicyclic amines) is 1. The van der Waals surface area contributed by atoms with Gasteiger partial charge in [-0.2, -0.15) is 0 Å². The molecule has 0 aromatic carbocycles. The van der Waals surface area contributed by atoms with Crippen LogP contribution in [-0.4, -0.2) is 41.6 Å². The molecule has 0 saturated carbocycles. The minimum atomic E-state index is -0.792. The zero-order valence-electron chi connectivity index (χ0n) is 10.5. The van der Waals surface area contributed by atoms with Gasteiger partial charge in [0, 0.05) is 19.3 Å². The van der Waals surface area contributed by atoms with Crippen LogP contribution in [0.4, 0.5) is 10.2 Å². The Kier molecular flexibility index (Phi) is 4.25. The number of nitrogens with one attached hydrogen (secondary N) is 1. The number of carbonyl (C=O) groups is 1. The second kappa shape index (κ2) is 5.91. The predicted octanol–water partition coefficient (Wildman–Crippen LogP) is 1.63. The summed E-state index contributed by atoms with van der Waals surface area (Å²) < 4.78 is 12.9. The van der Waals surface area contributed by atoms with Gasteiger partial charge in [-0.25, -0.2) is 9.37 Å². The molecule has 1 N–H and O–H groups in total. The molecule has 1 aliphatic rings. The Morgan fingerprint density at radius 2 is 2.44 bits per heavy atom. The maximum Gasteiger partial charge on any atom is 0.239 e. The van der Waals surface area contributed by atoms with Gasteiger partial charge < -0.3 is 5.32 Å². The van der Waals surface area contributed by atoms with Crippen LogP contribution in [0.2, 0.25) is 0 Å². The predicted molar refractivity (Wildman–Crippen MR) is 68.2 cm³/mol. The molecule has 1 aromatic heterocycles. The molecule has 0 spiro atoms. The van der Waals surface area contributed by atoms with E-state index in [4.69, 9.17) is 0 Å². The fraction of sp³-hybridized carbons (Fsp3) is 0.538. The van der Waals surface area contributed by atoms with Crippen LogP contribution in [-0.2, 0) is 11.2 Å². The highest BCUT2D eigenvalue weighted by Crippen LogP contribution is 2.12. The summed E-state index contributed by atoms with van der Waals surface area (Å²) in [6.45, 7) is 3.29. The molecule has 2 heterocycles. The average Bonchev–Trinajstić information content (AvgIpc) is 2.75. The van der Waals surface area contributed by atoms with Crippen molar-refractivity contribution in [1.82, 2.24) is 9.88 Å². The first kappa shape index (κ1) is 13.0. The van der Waals surface area contributed by atoms with Gasteiger partial charge in [-0.3, -0.25) is 9.69 Å². The summed E-state index contributed by atoms with van der Waals surface area (Å²) in [6, 6.07) is 3.73. The smallest absolute Gasteiger partial charge is 0.239 e. The molecule has 1 aromatic rings. The van der Waals surface area contributed by atoms with Crippen LogP contribution in [0.15, 0.2) is 18.3 Å². The van der Waals surface area contributed by atoms with E-state index in [1.165, 1.54) is 0 Å². The van der Waals surface area contributed by atoms with Crippen LogP contribution >= 0.6 is 0 Å². The van der Waals surface area contributed by atoms with Gasteiger partial charge in [-0.05, 0) is 24.5 Å². The SMILES string of the molecule is CCc1ccc(NC(=O)CN2CC[C@H](F)C2)nc1. The number of pyridine rings is 1. The van der Waals surface area contributed by atoms with Crippen molar-refractivity contribution in [2.45, 2.75) is 25.9 Å². The molecule has 0 aliphatic carbocycles. The molecule has 18 heavy (non-hydrogen) atoms. The lowest BCUT2D eigenvalue weighted by atomic mass is 10.2. The molecule has 1 fully saturated rings. The molecule has 1 aliphatic heterocycles. The Morgan fingerprint density at radius 3 is 3.00 bits per heavy atom. The number of hydrogen-bond donors (Lipinski definition) is 1. The topological polar surface area (TPSA) is 45.2 Å². The number of amides is 1. The second-order valence-corrected chi connectivity index (χ2v) is 4.57. The Hall–Kier alpha value is -1.49. The maximum absolute atomic E-state index is 12.9. The summed E-state index contributed by atoms with van der Waals surface area (Å²) in [7, 11) is 0. The van der Waals surface area contributed by atoms with Crippen molar-refractivity contribution < 1.29 is 9.18 Å². The highest BCUT2D eigenvalue weighted by Gasteiger charge is 2.23. The van der Waals surface area contributed by atoms with Crippen LogP contribution in [0.3, 0.4) is 0 Å². The molecule has 4 nitrogen and oxygen atoms in total. The van der Waals surface area contributed by atoms with Gasteiger partial charge in [0.15, 0.2) is 0 Å². The Bertz CT molecular complexity index is 407. The average molecular weight is 251 g/mol. The highest BCUT2D eigenvalue weighted by molar-refractivity contribution is 5.91. The van der Waals surface area contributed by atoms with Gasteiger partial charge >= 0.3 is 0 Å². The number of aromatic nitrogens is 1. The lowest BCUT2D eigenvalue weighted by Gasteiger charge is -2.13. The lowest BCUT2D eigenvalue weighted by molar-refractivity contribution is -0.117. The van der Waals surface area contributed by atoms with Crippen LogP contribution < -0.4 is 5.32 Å². The summed E-state index contributed by atoms with van der Waals surface area (Å²) in [5.41, 5.74) is 1.13. The molecular weight excluding hydrogens is 233 g/mol. The molecule has 0 radical (unpaired) electrons. The number of alkyl halides is 1. The molecule has 1 saturated heterocycles. The van der Waals surface area contributed by atoms with E-state index >= 15 is 0 Å². The summed E-state index contributed by atoms with van der Waals surface area (Å²) in [6.07, 6.45) is 2.41. The molecule has 1 amide bonds. The van der Waals surface area contributed by atoms with Gasteiger partial charge in [0.2, 0.25) is 5.91 Å². The number of aryl methyl sites for hydroxylation is 1. The molecular formula is C13H18FN3O. The fourth-order valence-electron chi connectivity index (χ4n) is 2.02. The lowest BCUT2D eigenvalue weighted by Crippen LogP contribution is -2.32. The van der Waals surface area contributed by atoms with E-state index in [2.05, 4.69) is 17.2 Å². The van der Waals surface area contributed by atoms with E-state index < -0.39 is 6.17 Å². The molecule has 0 bridgehead atoms. The van der Waals surface area contributed by atoms with Crippen LogP contribution in [0.1, 0.15) is 18.9 Å². The first-order valence-electron chi connectivity index (χ1n) is 6.28. The third-order valence-corrected chi connectivity index (χ3v) is 3.08. The minimum absolute atomic E-state index is 0.138. The zero-order chi connectivity index (χ0) is 13.0. The van der Waals surface area contributed by atoms with Gasteiger partial charge in [0.05, 0.1) is 6.54 Å². The summed E-state index contributed by atoms with van der Waals surface area (Å²) >= 11 is 0. The van der Waals surface area contributed by atoms with E-state index in [1.54, 1.807) is 12.3 Å². The Morgan fingerprint density at radius 1 is 1.61 bits per heavy atom. The van der Waals surface area contributed by atoms with Crippen molar-refractivity contribution in [2.75, 3.05) is 25.0 Å². The van der Waals surface area contributed by atoms with Gasteiger partial charge in [0.1, 0.15) is 12.0 Å². The number of nitrogens with zero attached hydrogens (tertiary/aromatic N) is 2. The maximum atomic E-state index is 12.9. The zero-order valence-corrected chi connectivity index (χ0v) is 10.5. The summed E-state index contributed by atoms with van der Waals surface area (Å²) in [4.78, 5) is 17.7. The second-order valence-electron chi connectivity index (χ2n) is 4.57. The van der Waals surface area contributed by atoms with Gasteiger partial charge in [0.25, 0.3) is 0 Å². The molecule has 98 valence electrons. The molecule has 0 unspecified atom stereocenters. The highest BCUT2D eigenvalue weighted by atomic mass is 19.1. The minimum Gasteiger partial charge on any atom is -0.310 e. The van der Waals surface area contributed by atoms with E-state index in [0.717, 1.165) is 12.0 Å². The first-order valence-corrected chi connectivity index (χ1v) is 6.28. The van der Waals surface area contributed by atoms with Crippen molar-refractivity contribution in [3.8, 4) is 0 Å². The first-order chi connectivity index (χ1) is 8.67. The monoisotopic (exact) mass is 251 g/mol. The van der Waals surface area contributed by atoms with Gasteiger partial charge in [-0.1, -0.05) is 13.0 Å². The third-order valence-electron chi connectivity index (χ3n) is 3.08. The summed E-state index contributed by atoms with van der Waals surface area (Å²) in [5.74, 6) is 0.411. The van der Waals surface area contributed by atoms with Crippen molar-refractivity contribution in [1.29, 1.82) is 0 Å². The Balaban J connectivity index is 1.83. The normalized spacial score (nSPS) is 20.0. The molecule has 2 rings (SSSR count). The number of anilines is 1. The van der Waals surface area contributed by atoms with E-state index in [1.807, 2.05) is 11.0 Å². The Labute approximate surface area is 106 Å². The van der Waals surface area contributed by atoms with E-state index in [-0.39, 0.29) is 12.5 Å². The molecule has 1 atom stereocenters. The number of rotatable bonds is 4. The van der Waals surface area contributed by atoms with Crippen molar-refractivity contribution in [3.05, 3.63) is 23.9 Å². The van der Waals surface area contributed by atoms with Crippen LogP contribution in [0, 0.1) is 0 Å². The van der Waals surface area contributed by atoms with E-state index in [9.17, 15) is 9.18 Å². The summed E-state index contributed by atoms with van der Waals surface area (Å²) in [5, 5.41) is 2.72. The quantitative estimate of drug-likeness (QED) is 0.884. The molecule has 5 heteroatoms. The fourth-order valence-corrected chi connectivity index (χ4v) is 2.02. The van der Waals surface area contributed by atoms with Gasteiger partial charge in [-0.15, -0.1) is 0 Å². The van der Waals surface area contributed by atoms with Crippen molar-refractivity contribution in [2.24, 2.45) is 0 Å². The number of halogens is 1. The van der Waals surface area contributed by atoms with Crippen molar-refractivity contribution in [3.63, 3.8) is 0 Å².